The van der Waals surface area contributed by atoms with Crippen molar-refractivity contribution in [1.29, 1.82) is 0 Å². The maximum absolute atomic E-state index is 4.32. The van der Waals surface area contributed by atoms with Gasteiger partial charge in [0.15, 0.2) is 0 Å². The molecule has 0 N–H and O–H groups in total. The monoisotopic (exact) mass is 314 g/mol. The predicted octanol–water partition coefficient (Wildman–Crippen LogP) is 3.06. The van der Waals surface area contributed by atoms with E-state index in [4.69, 9.17) is 0 Å². The first kappa shape index (κ1) is 22.0. The average Bonchev–Trinajstić information content (AvgIpc) is 2.39. The Labute approximate surface area is 148 Å². The Hall–Kier alpha value is -0.287. The summed E-state index contributed by atoms with van der Waals surface area (Å²) < 4.78 is 0. The van der Waals surface area contributed by atoms with Crippen LogP contribution < -0.4 is 10.4 Å². The van der Waals surface area contributed by atoms with E-state index in [1.165, 1.54) is 16.3 Å². The molecule has 0 spiro atoms. The molecule has 0 aliphatic rings. The van der Waals surface area contributed by atoms with E-state index >= 15 is 0 Å². The zero-order valence-electron chi connectivity index (χ0n) is 12.7. The van der Waals surface area contributed by atoms with Gasteiger partial charge in [0, 0.05) is 0 Å². The molecule has 20 heavy (non-hydrogen) atoms. The fourth-order valence-electron chi connectivity index (χ4n) is 1.56. The minimum Gasteiger partial charge on any atom is -0.336 e. The normalized spacial score (nSPS) is 9.10. The molecule has 0 bridgehead atoms. The molecule has 0 saturated carbocycles. The summed E-state index contributed by atoms with van der Waals surface area (Å²) in [6, 6.07) is 21.2. The smallest absolute Gasteiger partial charge is 0.336 e. The maximum Gasteiger partial charge on any atom is 2.00 e. The molecule has 3 heteroatoms. The first-order valence-corrected chi connectivity index (χ1v) is 8.28. The molecule has 0 aliphatic carbocycles. The van der Waals surface area contributed by atoms with Crippen LogP contribution >= 0.6 is 12.4 Å². The largest absolute Gasteiger partial charge is 2.00 e. The van der Waals surface area contributed by atoms with Crippen molar-refractivity contribution >= 4 is 54.6 Å². The Balaban J connectivity index is 0. The summed E-state index contributed by atoms with van der Waals surface area (Å²) in [5.41, 5.74) is 0. The van der Waals surface area contributed by atoms with E-state index in [-0.39, 0.29) is 35.5 Å². The van der Waals surface area contributed by atoms with Crippen LogP contribution in [0.1, 0.15) is 20.8 Å². The van der Waals surface area contributed by atoms with Crippen molar-refractivity contribution in [2.24, 2.45) is 0 Å². The molecule has 2 aromatic rings. The standard InChI is InChI=1S/C13H13Si.C4H9.ClH.Mg/c1-14(12-8-4-2-5-9-12)13-10-6-3-7-11-13;1-4(2)3;;/h2-11,14H,1H2;1-3H3;1H;/q2*-1;;+2. The quantitative estimate of drug-likeness (QED) is 0.590. The number of halogens is 1. The first-order chi connectivity index (χ1) is 8.61. The summed E-state index contributed by atoms with van der Waals surface area (Å²) in [6.07, 6.45) is 0. The van der Waals surface area contributed by atoms with Crippen molar-refractivity contribution in [2.75, 3.05) is 0 Å². The Kier molecular flexibility index (Phi) is 13.7. The molecular formula is C17H23ClMgSi. The minimum atomic E-state index is -1.17. The van der Waals surface area contributed by atoms with Gasteiger partial charge in [-0.15, -0.1) is 12.4 Å². The number of benzene rings is 2. The third-order valence-electron chi connectivity index (χ3n) is 2.40. The molecule has 0 radical (unpaired) electrons. The van der Waals surface area contributed by atoms with Crippen LogP contribution in [0.25, 0.3) is 0 Å². The Bertz CT molecular complexity index is 389. The van der Waals surface area contributed by atoms with E-state index in [9.17, 15) is 0 Å². The summed E-state index contributed by atoms with van der Waals surface area (Å²) in [5.74, 6) is 1.42. The molecule has 0 aromatic heterocycles. The van der Waals surface area contributed by atoms with Crippen molar-refractivity contribution in [1.82, 2.24) is 0 Å². The molecule has 0 heterocycles. The second-order valence-corrected chi connectivity index (χ2v) is 7.31. The van der Waals surface area contributed by atoms with Gasteiger partial charge >= 0.3 is 23.1 Å². The minimum absolute atomic E-state index is 0. The van der Waals surface area contributed by atoms with Crippen LogP contribution in [-0.4, -0.2) is 31.8 Å². The van der Waals surface area contributed by atoms with Gasteiger partial charge in [0.2, 0.25) is 0 Å². The predicted molar refractivity (Wildman–Crippen MR) is 97.9 cm³/mol. The average molecular weight is 315 g/mol. The van der Waals surface area contributed by atoms with E-state index in [2.05, 4.69) is 88.0 Å². The van der Waals surface area contributed by atoms with Crippen LogP contribution in [0.3, 0.4) is 0 Å². The number of rotatable bonds is 2. The molecule has 104 valence electrons. The molecule has 2 rings (SSSR count). The van der Waals surface area contributed by atoms with Crippen LogP contribution in [0.4, 0.5) is 0 Å². The fraction of sp³-hybridized carbons (Fsp3) is 0.176. The van der Waals surface area contributed by atoms with Crippen LogP contribution in [-0.2, 0) is 0 Å². The van der Waals surface area contributed by atoms with Gasteiger partial charge in [-0.25, -0.2) is 0 Å². The Morgan fingerprint density at radius 2 is 1.00 bits per heavy atom. The molecule has 0 unspecified atom stereocenters. The van der Waals surface area contributed by atoms with Gasteiger partial charge in [-0.3, -0.25) is 0 Å². The van der Waals surface area contributed by atoms with E-state index in [1.54, 1.807) is 0 Å². The van der Waals surface area contributed by atoms with Crippen molar-refractivity contribution in [3.8, 4) is 0 Å². The van der Waals surface area contributed by atoms with Crippen molar-refractivity contribution in [3.05, 3.63) is 73.1 Å². The second-order valence-electron chi connectivity index (χ2n) is 4.87. The van der Waals surface area contributed by atoms with Crippen LogP contribution in [0.15, 0.2) is 60.7 Å². The first-order valence-electron chi connectivity index (χ1n) is 6.31. The third-order valence-corrected chi connectivity index (χ3v) is 4.78. The van der Waals surface area contributed by atoms with Crippen molar-refractivity contribution < 1.29 is 0 Å². The van der Waals surface area contributed by atoms with Crippen LogP contribution in [0.2, 0.25) is 0 Å². The number of hydrogen-bond acceptors (Lipinski definition) is 0. The summed E-state index contributed by atoms with van der Waals surface area (Å²) in [5, 5.41) is 2.80. The molecule has 0 fully saturated rings. The summed E-state index contributed by atoms with van der Waals surface area (Å²) in [6.45, 7) is 10.6. The number of hydrogen-bond donors (Lipinski definition) is 0. The SMILES string of the molecule is C[C-](C)C.Cl.[CH2-][SiH](c1ccccc1)c1ccccc1.[Mg+2]. The van der Waals surface area contributed by atoms with Gasteiger partial charge in [0.1, 0.15) is 0 Å². The Morgan fingerprint density at radius 3 is 1.25 bits per heavy atom. The molecule has 0 atom stereocenters. The molecule has 0 nitrogen and oxygen atoms in total. The second kappa shape index (κ2) is 12.5. The molecule has 0 amide bonds. The Morgan fingerprint density at radius 1 is 0.750 bits per heavy atom. The van der Waals surface area contributed by atoms with Gasteiger partial charge in [-0.1, -0.05) is 71.0 Å². The van der Waals surface area contributed by atoms with Crippen LogP contribution in [0.5, 0.6) is 0 Å². The molecule has 2 aromatic carbocycles. The van der Waals surface area contributed by atoms with Crippen molar-refractivity contribution in [3.63, 3.8) is 0 Å². The summed E-state index contributed by atoms with van der Waals surface area (Å²) in [7, 11) is -1.17. The molecule has 0 saturated heterocycles. The third kappa shape index (κ3) is 8.80. The summed E-state index contributed by atoms with van der Waals surface area (Å²) in [4.78, 5) is 0. The van der Waals surface area contributed by atoms with Gasteiger partial charge in [-0.2, -0.15) is 20.8 Å². The van der Waals surface area contributed by atoms with E-state index in [0.29, 0.717) is 0 Å². The van der Waals surface area contributed by atoms with Gasteiger partial charge in [-0.05, 0) is 8.80 Å². The van der Waals surface area contributed by atoms with E-state index < -0.39 is 8.80 Å². The zero-order valence-corrected chi connectivity index (χ0v) is 16.1. The molecular weight excluding hydrogens is 292 g/mol. The molecule has 0 aliphatic heterocycles. The topological polar surface area (TPSA) is 0 Å². The summed E-state index contributed by atoms with van der Waals surface area (Å²) >= 11 is 0. The van der Waals surface area contributed by atoms with E-state index in [1.807, 2.05) is 0 Å². The van der Waals surface area contributed by atoms with Gasteiger partial charge < -0.3 is 12.5 Å². The van der Waals surface area contributed by atoms with Crippen molar-refractivity contribution in [2.45, 2.75) is 20.8 Å². The van der Waals surface area contributed by atoms with E-state index in [0.717, 1.165) is 0 Å². The van der Waals surface area contributed by atoms with Gasteiger partial charge in [0.25, 0.3) is 0 Å². The van der Waals surface area contributed by atoms with Gasteiger partial charge in [0.05, 0.1) is 0 Å². The zero-order chi connectivity index (χ0) is 13.4. The maximum atomic E-state index is 4.32. The fourth-order valence-corrected chi connectivity index (χ4v) is 3.32. The van der Waals surface area contributed by atoms with Crippen LogP contribution in [0, 0.1) is 12.5 Å².